The molecule has 0 heterocycles. The van der Waals surface area contributed by atoms with Gasteiger partial charge in [0.05, 0.1) is 12.9 Å². The highest BCUT2D eigenvalue weighted by atomic mass is 33.1. The van der Waals surface area contributed by atoms with Gasteiger partial charge < -0.3 is 20.9 Å². The number of methoxy groups -OCH3 is 1. The number of aromatic hydroxyl groups is 1. The van der Waals surface area contributed by atoms with E-state index in [9.17, 15) is 14.7 Å². The molecule has 1 amide bonds. The van der Waals surface area contributed by atoms with Crippen LogP contribution in [0.15, 0.2) is 18.2 Å². The average Bonchev–Trinajstić information content (AvgIpc) is 2.45. The second kappa shape index (κ2) is 8.72. The number of rotatable bonds is 7. The summed E-state index contributed by atoms with van der Waals surface area (Å²) < 4.78 is 4.54. The number of carbonyl (C=O) groups excluding carboxylic acids is 2. The number of esters is 1. The Morgan fingerprint density at radius 1 is 1.40 bits per heavy atom. The molecule has 0 aliphatic heterocycles. The molecule has 0 aliphatic rings. The largest absolute Gasteiger partial charge is 0.507 e. The van der Waals surface area contributed by atoms with Gasteiger partial charge in [0.2, 0.25) is 5.91 Å². The molecule has 1 rings (SSSR count). The van der Waals surface area contributed by atoms with Gasteiger partial charge in [0.15, 0.2) is 0 Å². The number of amides is 1. The van der Waals surface area contributed by atoms with Gasteiger partial charge in [-0.1, -0.05) is 21.6 Å². The average molecular weight is 316 g/mol. The van der Waals surface area contributed by atoms with Crippen LogP contribution in [-0.4, -0.2) is 42.1 Å². The highest BCUT2D eigenvalue weighted by Gasteiger charge is 2.13. The van der Waals surface area contributed by atoms with E-state index in [1.807, 2.05) is 0 Å². The standard InChI is InChI=1S/C12H16N2O4S2/c1-18-12(17)9-6-8(2-3-10(9)15)14-11(16)7-20-19-5-4-13/h2-3,6,15H,4-5,7,13H2,1H3,(H,14,16). The van der Waals surface area contributed by atoms with Gasteiger partial charge in [0.1, 0.15) is 11.3 Å². The molecule has 0 spiro atoms. The predicted molar refractivity (Wildman–Crippen MR) is 82.0 cm³/mol. The van der Waals surface area contributed by atoms with E-state index in [1.165, 1.54) is 46.9 Å². The fourth-order valence-electron chi connectivity index (χ4n) is 1.29. The summed E-state index contributed by atoms with van der Waals surface area (Å²) in [5.74, 6) is 0.0122. The van der Waals surface area contributed by atoms with Crippen LogP contribution in [0.25, 0.3) is 0 Å². The third kappa shape index (κ3) is 5.32. The first-order valence-electron chi connectivity index (χ1n) is 5.74. The summed E-state index contributed by atoms with van der Waals surface area (Å²) >= 11 is 0. The molecule has 0 bridgehead atoms. The zero-order chi connectivity index (χ0) is 15.0. The van der Waals surface area contributed by atoms with Crippen LogP contribution in [0.1, 0.15) is 10.4 Å². The number of nitrogens with two attached hydrogens (primary N) is 1. The van der Waals surface area contributed by atoms with Gasteiger partial charge in [-0.05, 0) is 18.2 Å². The lowest BCUT2D eigenvalue weighted by molar-refractivity contribution is -0.113. The van der Waals surface area contributed by atoms with Crippen LogP contribution in [0, 0.1) is 0 Å². The van der Waals surface area contributed by atoms with Gasteiger partial charge in [-0.3, -0.25) is 4.79 Å². The van der Waals surface area contributed by atoms with Crippen LogP contribution < -0.4 is 11.1 Å². The second-order valence-corrected chi connectivity index (χ2v) is 6.23. The van der Waals surface area contributed by atoms with Crippen molar-refractivity contribution in [3.8, 4) is 5.75 Å². The van der Waals surface area contributed by atoms with Gasteiger partial charge in [-0.2, -0.15) is 0 Å². The molecule has 1 aromatic carbocycles. The van der Waals surface area contributed by atoms with Crippen molar-refractivity contribution in [3.05, 3.63) is 23.8 Å². The number of phenolic OH excluding ortho intramolecular Hbond substituents is 1. The summed E-state index contributed by atoms with van der Waals surface area (Å²) in [4.78, 5) is 23.1. The number of phenols is 1. The first-order chi connectivity index (χ1) is 9.58. The van der Waals surface area contributed by atoms with E-state index in [0.717, 1.165) is 5.75 Å². The molecule has 4 N–H and O–H groups in total. The van der Waals surface area contributed by atoms with Crippen LogP contribution in [0.4, 0.5) is 5.69 Å². The van der Waals surface area contributed by atoms with Crippen LogP contribution in [0.3, 0.4) is 0 Å². The van der Waals surface area contributed by atoms with E-state index in [2.05, 4.69) is 10.1 Å². The topological polar surface area (TPSA) is 102 Å². The molecule has 0 saturated heterocycles. The number of hydrogen-bond donors (Lipinski definition) is 3. The Kier molecular flexibility index (Phi) is 7.27. The number of hydrogen-bond acceptors (Lipinski definition) is 7. The van der Waals surface area contributed by atoms with Crippen molar-refractivity contribution in [2.75, 3.05) is 30.5 Å². The summed E-state index contributed by atoms with van der Waals surface area (Å²) in [5, 5.41) is 12.2. The van der Waals surface area contributed by atoms with E-state index in [0.29, 0.717) is 12.2 Å². The van der Waals surface area contributed by atoms with Crippen molar-refractivity contribution in [2.24, 2.45) is 5.73 Å². The molecule has 8 heteroatoms. The lowest BCUT2D eigenvalue weighted by Gasteiger charge is -2.08. The maximum Gasteiger partial charge on any atom is 0.341 e. The molecule has 0 unspecified atom stereocenters. The number of anilines is 1. The summed E-state index contributed by atoms with van der Waals surface area (Å²) in [5.41, 5.74) is 5.78. The van der Waals surface area contributed by atoms with Crippen molar-refractivity contribution in [2.45, 2.75) is 0 Å². The monoisotopic (exact) mass is 316 g/mol. The minimum atomic E-state index is -0.661. The Bertz CT molecular complexity index is 483. The maximum absolute atomic E-state index is 11.7. The zero-order valence-electron chi connectivity index (χ0n) is 10.9. The van der Waals surface area contributed by atoms with Crippen LogP contribution in [-0.2, 0) is 9.53 Å². The number of ether oxygens (including phenoxy) is 1. The molecule has 20 heavy (non-hydrogen) atoms. The fourth-order valence-corrected chi connectivity index (χ4v) is 2.98. The minimum Gasteiger partial charge on any atom is -0.507 e. The lowest BCUT2D eigenvalue weighted by atomic mass is 10.2. The van der Waals surface area contributed by atoms with Crippen LogP contribution >= 0.6 is 21.6 Å². The Labute approximate surface area is 124 Å². The molecule has 1 aromatic rings. The van der Waals surface area contributed by atoms with E-state index in [4.69, 9.17) is 5.73 Å². The van der Waals surface area contributed by atoms with Crippen LogP contribution in [0.2, 0.25) is 0 Å². The van der Waals surface area contributed by atoms with Crippen molar-refractivity contribution in [1.29, 1.82) is 0 Å². The van der Waals surface area contributed by atoms with Gasteiger partial charge >= 0.3 is 5.97 Å². The van der Waals surface area contributed by atoms with E-state index >= 15 is 0 Å². The highest BCUT2D eigenvalue weighted by molar-refractivity contribution is 8.76. The summed E-state index contributed by atoms with van der Waals surface area (Å²) in [6.45, 7) is 0.569. The van der Waals surface area contributed by atoms with Crippen molar-refractivity contribution in [3.63, 3.8) is 0 Å². The third-order valence-corrected chi connectivity index (χ3v) is 4.46. The van der Waals surface area contributed by atoms with E-state index < -0.39 is 5.97 Å². The Morgan fingerprint density at radius 3 is 2.80 bits per heavy atom. The Hall–Kier alpha value is -1.38. The summed E-state index contributed by atoms with van der Waals surface area (Å²) in [6.07, 6.45) is 0. The molecule has 6 nitrogen and oxygen atoms in total. The molecular formula is C12H16N2O4S2. The molecular weight excluding hydrogens is 300 g/mol. The second-order valence-electron chi connectivity index (χ2n) is 3.64. The molecule has 0 atom stereocenters. The third-order valence-electron chi connectivity index (χ3n) is 2.16. The summed E-state index contributed by atoms with van der Waals surface area (Å²) in [6, 6.07) is 4.21. The lowest BCUT2D eigenvalue weighted by Crippen LogP contribution is -2.14. The van der Waals surface area contributed by atoms with Gasteiger partial charge in [-0.25, -0.2) is 4.79 Å². The first kappa shape index (κ1) is 16.7. The van der Waals surface area contributed by atoms with Crippen molar-refractivity contribution in [1.82, 2.24) is 0 Å². The predicted octanol–water partition coefficient (Wildman–Crippen LogP) is 1.46. The first-order valence-corrected chi connectivity index (χ1v) is 8.23. The zero-order valence-corrected chi connectivity index (χ0v) is 12.6. The van der Waals surface area contributed by atoms with Gasteiger partial charge in [0.25, 0.3) is 0 Å². The molecule has 0 radical (unpaired) electrons. The van der Waals surface area contributed by atoms with E-state index in [-0.39, 0.29) is 23.0 Å². The number of carbonyl (C=O) groups is 2. The van der Waals surface area contributed by atoms with Crippen molar-refractivity contribution < 1.29 is 19.4 Å². The molecule has 0 aliphatic carbocycles. The minimum absolute atomic E-state index is 0.00969. The molecule has 0 aromatic heterocycles. The smallest absolute Gasteiger partial charge is 0.341 e. The molecule has 110 valence electrons. The Morgan fingerprint density at radius 2 is 2.15 bits per heavy atom. The number of nitrogens with one attached hydrogen (secondary N) is 1. The summed E-state index contributed by atoms with van der Waals surface area (Å²) in [7, 11) is 4.15. The fraction of sp³-hybridized carbons (Fsp3) is 0.333. The Balaban J connectivity index is 2.59. The normalized spacial score (nSPS) is 10.1. The van der Waals surface area contributed by atoms with Crippen molar-refractivity contribution >= 4 is 39.2 Å². The molecule has 0 fully saturated rings. The highest BCUT2D eigenvalue weighted by Crippen LogP contribution is 2.23. The molecule has 0 saturated carbocycles. The van der Waals surface area contributed by atoms with Gasteiger partial charge in [-0.15, -0.1) is 0 Å². The SMILES string of the molecule is COC(=O)c1cc(NC(=O)CSSCCN)ccc1O. The number of benzene rings is 1. The van der Waals surface area contributed by atoms with Gasteiger partial charge in [0, 0.05) is 18.0 Å². The maximum atomic E-state index is 11.7. The van der Waals surface area contributed by atoms with E-state index in [1.54, 1.807) is 0 Å². The quantitative estimate of drug-likeness (QED) is 0.303. The van der Waals surface area contributed by atoms with Crippen LogP contribution in [0.5, 0.6) is 5.75 Å².